The van der Waals surface area contributed by atoms with Gasteiger partial charge in [-0.3, -0.25) is 9.69 Å². The number of nitrogens with zero attached hydrogens (tertiary/aromatic N) is 3. The number of pyridine rings is 1. The summed E-state index contributed by atoms with van der Waals surface area (Å²) >= 11 is 0. The van der Waals surface area contributed by atoms with Crippen LogP contribution in [0.1, 0.15) is 28.9 Å². The highest BCUT2D eigenvalue weighted by atomic mass is 16.5. The molecule has 5 nitrogen and oxygen atoms in total. The van der Waals surface area contributed by atoms with Gasteiger partial charge in [0.2, 0.25) is 0 Å². The number of likely N-dealkylation sites (tertiary alicyclic amines) is 1. The molecule has 1 saturated heterocycles. The Morgan fingerprint density at radius 3 is 2.93 bits per heavy atom. The molecule has 1 atom stereocenters. The van der Waals surface area contributed by atoms with Crippen molar-refractivity contribution in [2.75, 3.05) is 20.2 Å². The zero-order valence-electron chi connectivity index (χ0n) is 16.1. The van der Waals surface area contributed by atoms with E-state index >= 15 is 0 Å². The van der Waals surface area contributed by atoms with Crippen molar-refractivity contribution in [2.45, 2.75) is 19.4 Å². The molecule has 1 aliphatic rings. The molecule has 5 heteroatoms. The molecule has 0 radical (unpaired) electrons. The first-order valence-corrected chi connectivity index (χ1v) is 9.73. The molecule has 144 valence electrons. The molecule has 0 saturated carbocycles. The van der Waals surface area contributed by atoms with Crippen molar-refractivity contribution in [1.82, 2.24) is 14.5 Å². The Morgan fingerprint density at radius 1 is 1.18 bits per heavy atom. The van der Waals surface area contributed by atoms with Crippen molar-refractivity contribution in [3.8, 4) is 11.6 Å². The quantitative estimate of drug-likeness (QED) is 0.612. The normalized spacial score (nSPS) is 17.4. The number of aromatic nitrogens is 2. The second-order valence-corrected chi connectivity index (χ2v) is 7.23. The summed E-state index contributed by atoms with van der Waals surface area (Å²) in [5, 5.41) is 0. The average molecular weight is 375 g/mol. The lowest BCUT2D eigenvalue weighted by Gasteiger charge is -2.32. The standard InChI is InChI=1S/C23H25N3O2/c1-28-21-10-4-7-18(15-21)23(27)19-8-5-13-25(16-19)17-20-9-6-14-26(20)22-11-2-3-12-24-22/h2-4,6-7,9-12,14-15,19H,5,8,13,16-17H2,1H3/t19-/m1/s1. The molecule has 3 aromatic rings. The zero-order valence-corrected chi connectivity index (χ0v) is 16.1. The van der Waals surface area contributed by atoms with Gasteiger partial charge in [0.25, 0.3) is 0 Å². The third kappa shape index (κ3) is 3.99. The van der Waals surface area contributed by atoms with Crippen LogP contribution in [0.3, 0.4) is 0 Å². The number of methoxy groups -OCH3 is 1. The van der Waals surface area contributed by atoms with E-state index in [1.165, 1.54) is 5.69 Å². The van der Waals surface area contributed by atoms with Gasteiger partial charge in [-0.15, -0.1) is 0 Å². The van der Waals surface area contributed by atoms with E-state index < -0.39 is 0 Å². The number of carbonyl (C=O) groups excluding carboxylic acids is 1. The molecule has 0 N–H and O–H groups in total. The van der Waals surface area contributed by atoms with Gasteiger partial charge in [0.15, 0.2) is 5.78 Å². The predicted molar refractivity (Wildman–Crippen MR) is 109 cm³/mol. The number of hydrogen-bond acceptors (Lipinski definition) is 4. The predicted octanol–water partition coefficient (Wildman–Crippen LogP) is 3.98. The van der Waals surface area contributed by atoms with Gasteiger partial charge in [-0.1, -0.05) is 18.2 Å². The zero-order chi connectivity index (χ0) is 19.3. The van der Waals surface area contributed by atoms with Crippen LogP contribution in [0, 0.1) is 5.92 Å². The Kier molecular flexibility index (Phi) is 5.53. The van der Waals surface area contributed by atoms with Crippen molar-refractivity contribution in [3.05, 3.63) is 78.2 Å². The second-order valence-electron chi connectivity index (χ2n) is 7.23. The average Bonchev–Trinajstić information content (AvgIpc) is 3.22. The van der Waals surface area contributed by atoms with E-state index in [9.17, 15) is 4.79 Å². The number of ketones is 1. The first-order valence-electron chi connectivity index (χ1n) is 9.73. The van der Waals surface area contributed by atoms with Crippen LogP contribution in [-0.4, -0.2) is 40.4 Å². The minimum Gasteiger partial charge on any atom is -0.497 e. The molecule has 0 aliphatic carbocycles. The fraction of sp³-hybridized carbons (Fsp3) is 0.304. The maximum Gasteiger partial charge on any atom is 0.167 e. The van der Waals surface area contributed by atoms with Crippen LogP contribution in [0.25, 0.3) is 5.82 Å². The SMILES string of the molecule is COc1cccc(C(=O)[C@@H]2CCCN(Cc3cccn3-c3ccccn3)C2)c1. The van der Waals surface area contributed by atoms with E-state index in [2.05, 4.69) is 20.5 Å². The maximum atomic E-state index is 13.0. The largest absolute Gasteiger partial charge is 0.497 e. The van der Waals surface area contributed by atoms with E-state index in [0.717, 1.165) is 49.6 Å². The van der Waals surface area contributed by atoms with Crippen LogP contribution in [0.5, 0.6) is 5.75 Å². The van der Waals surface area contributed by atoms with Crippen molar-refractivity contribution in [2.24, 2.45) is 5.92 Å². The summed E-state index contributed by atoms with van der Waals surface area (Å²) in [6.07, 6.45) is 5.82. The number of benzene rings is 1. The van der Waals surface area contributed by atoms with Crippen LogP contribution in [0.2, 0.25) is 0 Å². The summed E-state index contributed by atoms with van der Waals surface area (Å²) < 4.78 is 7.39. The van der Waals surface area contributed by atoms with Gasteiger partial charge in [0.1, 0.15) is 11.6 Å². The van der Waals surface area contributed by atoms with Gasteiger partial charge in [0.05, 0.1) is 7.11 Å². The summed E-state index contributed by atoms with van der Waals surface area (Å²) in [6, 6.07) is 17.6. The molecule has 28 heavy (non-hydrogen) atoms. The third-order valence-corrected chi connectivity index (χ3v) is 5.35. The minimum absolute atomic E-state index is 0.0270. The van der Waals surface area contributed by atoms with Crippen molar-refractivity contribution >= 4 is 5.78 Å². The van der Waals surface area contributed by atoms with Gasteiger partial charge in [-0.2, -0.15) is 0 Å². The summed E-state index contributed by atoms with van der Waals surface area (Å²) in [4.78, 5) is 19.8. The summed E-state index contributed by atoms with van der Waals surface area (Å²) in [6.45, 7) is 2.60. The summed E-state index contributed by atoms with van der Waals surface area (Å²) in [5.41, 5.74) is 1.93. The molecule has 0 bridgehead atoms. The van der Waals surface area contributed by atoms with Crippen LogP contribution in [-0.2, 0) is 6.54 Å². The lowest BCUT2D eigenvalue weighted by Crippen LogP contribution is -2.38. The van der Waals surface area contributed by atoms with Crippen LogP contribution < -0.4 is 4.74 Å². The number of Topliss-reactive ketones (excluding diaryl/α,β-unsaturated/α-hetero) is 1. The van der Waals surface area contributed by atoms with E-state index in [1.807, 2.05) is 60.9 Å². The highest BCUT2D eigenvalue weighted by Crippen LogP contribution is 2.24. The molecule has 3 heterocycles. The molecule has 4 rings (SSSR count). The minimum atomic E-state index is 0.0270. The molecule has 0 spiro atoms. The van der Waals surface area contributed by atoms with E-state index in [0.29, 0.717) is 0 Å². The van der Waals surface area contributed by atoms with Crippen molar-refractivity contribution in [3.63, 3.8) is 0 Å². The molecule has 0 unspecified atom stereocenters. The Morgan fingerprint density at radius 2 is 2.11 bits per heavy atom. The van der Waals surface area contributed by atoms with Gasteiger partial charge >= 0.3 is 0 Å². The number of carbonyl (C=O) groups is 1. The molecular formula is C23H25N3O2. The first-order chi connectivity index (χ1) is 13.7. The Labute approximate surface area is 165 Å². The number of piperidine rings is 1. The third-order valence-electron chi connectivity index (χ3n) is 5.35. The highest BCUT2D eigenvalue weighted by Gasteiger charge is 2.27. The fourth-order valence-corrected chi connectivity index (χ4v) is 3.92. The second kappa shape index (κ2) is 8.40. The van der Waals surface area contributed by atoms with Crippen LogP contribution >= 0.6 is 0 Å². The van der Waals surface area contributed by atoms with Gasteiger partial charge in [-0.05, 0) is 55.8 Å². The Balaban J connectivity index is 1.46. The first kappa shape index (κ1) is 18.4. The molecule has 1 fully saturated rings. The maximum absolute atomic E-state index is 13.0. The Hall–Kier alpha value is -2.92. The van der Waals surface area contributed by atoms with Crippen molar-refractivity contribution < 1.29 is 9.53 Å². The van der Waals surface area contributed by atoms with E-state index in [-0.39, 0.29) is 11.7 Å². The molecule has 2 aromatic heterocycles. The molecular weight excluding hydrogens is 350 g/mol. The van der Waals surface area contributed by atoms with E-state index in [1.54, 1.807) is 7.11 Å². The van der Waals surface area contributed by atoms with Crippen LogP contribution in [0.15, 0.2) is 67.0 Å². The smallest absolute Gasteiger partial charge is 0.167 e. The summed E-state index contributed by atoms with van der Waals surface area (Å²) in [5.74, 6) is 1.89. The molecule has 1 aromatic carbocycles. The molecule has 0 amide bonds. The summed E-state index contributed by atoms with van der Waals surface area (Å²) in [7, 11) is 1.63. The topological polar surface area (TPSA) is 47.4 Å². The van der Waals surface area contributed by atoms with Gasteiger partial charge in [-0.25, -0.2) is 4.98 Å². The van der Waals surface area contributed by atoms with E-state index in [4.69, 9.17) is 4.74 Å². The number of rotatable bonds is 6. The Bertz CT molecular complexity index is 936. The lowest BCUT2D eigenvalue weighted by atomic mass is 9.90. The van der Waals surface area contributed by atoms with Crippen molar-refractivity contribution in [1.29, 1.82) is 0 Å². The highest BCUT2D eigenvalue weighted by molar-refractivity contribution is 5.98. The van der Waals surface area contributed by atoms with Gasteiger partial charge in [0, 0.05) is 42.7 Å². The monoisotopic (exact) mass is 375 g/mol. The van der Waals surface area contributed by atoms with Gasteiger partial charge < -0.3 is 9.30 Å². The fourth-order valence-electron chi connectivity index (χ4n) is 3.92. The lowest BCUT2D eigenvalue weighted by molar-refractivity contribution is 0.0809. The molecule has 1 aliphatic heterocycles. The number of ether oxygens (including phenoxy) is 1. The van der Waals surface area contributed by atoms with Crippen LogP contribution in [0.4, 0.5) is 0 Å². The number of hydrogen-bond donors (Lipinski definition) is 0.